The Morgan fingerprint density at radius 3 is 2.61 bits per heavy atom. The van der Waals surface area contributed by atoms with E-state index in [1.165, 1.54) is 17.7 Å². The van der Waals surface area contributed by atoms with Crippen LogP contribution in [0.15, 0.2) is 29.3 Å². The number of hydrogen-bond acceptors (Lipinski definition) is 4. The van der Waals surface area contributed by atoms with Crippen LogP contribution in [-0.4, -0.2) is 69.9 Å². The van der Waals surface area contributed by atoms with Crippen molar-refractivity contribution in [3.63, 3.8) is 0 Å². The van der Waals surface area contributed by atoms with Crippen LogP contribution < -0.4 is 15.5 Å². The van der Waals surface area contributed by atoms with Crippen LogP contribution >= 0.6 is 0 Å². The van der Waals surface area contributed by atoms with Gasteiger partial charge in [-0.25, -0.2) is 0 Å². The number of nitrogens with zero attached hydrogens (tertiary/aromatic N) is 3. The normalized spacial score (nSPS) is 16.3. The van der Waals surface area contributed by atoms with Crippen molar-refractivity contribution < 1.29 is 4.74 Å². The van der Waals surface area contributed by atoms with Crippen LogP contribution in [0.5, 0.6) is 0 Å². The van der Waals surface area contributed by atoms with Gasteiger partial charge in [0, 0.05) is 38.4 Å². The molecule has 1 aliphatic heterocycles. The maximum atomic E-state index is 5.49. The quantitative estimate of drug-likeness (QED) is 0.476. The van der Waals surface area contributed by atoms with Crippen LogP contribution in [0.4, 0.5) is 5.69 Å². The number of aliphatic imine (C=N–C) groups is 1. The summed E-state index contributed by atoms with van der Waals surface area (Å²) in [5, 5.41) is 7.02. The maximum Gasteiger partial charge on any atom is 0.191 e. The van der Waals surface area contributed by atoms with Gasteiger partial charge in [0.1, 0.15) is 0 Å². The first-order valence-electron chi connectivity index (χ1n) is 10.8. The molecular formula is C22H39N5O. The van der Waals surface area contributed by atoms with Gasteiger partial charge >= 0.3 is 0 Å². The molecule has 1 unspecified atom stereocenters. The molecule has 6 nitrogen and oxygen atoms in total. The minimum absolute atomic E-state index is 0.399. The first-order chi connectivity index (χ1) is 13.7. The highest BCUT2D eigenvalue weighted by Crippen LogP contribution is 2.21. The van der Waals surface area contributed by atoms with Gasteiger partial charge in [-0.15, -0.1) is 0 Å². The molecule has 158 valence electrons. The SMILES string of the molecule is CCN(CC)CCCC(C)NC(=NC)NCc1ccccc1N1CCOCC1. The molecule has 1 aromatic rings. The van der Waals surface area contributed by atoms with Crippen molar-refractivity contribution in [1.82, 2.24) is 15.5 Å². The van der Waals surface area contributed by atoms with Crippen LogP contribution in [0.3, 0.4) is 0 Å². The summed E-state index contributed by atoms with van der Waals surface area (Å²) in [6.45, 7) is 14.4. The summed E-state index contributed by atoms with van der Waals surface area (Å²) >= 11 is 0. The lowest BCUT2D eigenvalue weighted by atomic mass is 10.1. The van der Waals surface area contributed by atoms with Crippen molar-refractivity contribution in [2.75, 3.05) is 57.9 Å². The Kier molecular flexibility index (Phi) is 10.1. The minimum Gasteiger partial charge on any atom is -0.378 e. The number of benzene rings is 1. The van der Waals surface area contributed by atoms with Crippen LogP contribution in [-0.2, 0) is 11.3 Å². The van der Waals surface area contributed by atoms with Gasteiger partial charge in [0.05, 0.1) is 13.2 Å². The topological polar surface area (TPSA) is 52.1 Å². The van der Waals surface area contributed by atoms with Gasteiger partial charge in [0.25, 0.3) is 0 Å². The molecule has 2 rings (SSSR count). The van der Waals surface area contributed by atoms with Crippen molar-refractivity contribution >= 4 is 11.6 Å². The number of anilines is 1. The highest BCUT2D eigenvalue weighted by Gasteiger charge is 2.14. The Balaban J connectivity index is 1.82. The molecule has 1 atom stereocenters. The fourth-order valence-corrected chi connectivity index (χ4v) is 3.61. The number of morpholine rings is 1. The second kappa shape index (κ2) is 12.6. The molecule has 0 spiro atoms. The molecule has 1 aromatic carbocycles. The van der Waals surface area contributed by atoms with E-state index in [2.05, 4.69) is 70.5 Å². The van der Waals surface area contributed by atoms with Gasteiger partial charge in [0.2, 0.25) is 0 Å². The number of nitrogens with one attached hydrogen (secondary N) is 2. The second-order valence-corrected chi connectivity index (χ2v) is 7.37. The molecule has 28 heavy (non-hydrogen) atoms. The molecule has 1 heterocycles. The average Bonchev–Trinajstić information content (AvgIpc) is 2.75. The molecular weight excluding hydrogens is 350 g/mol. The lowest BCUT2D eigenvalue weighted by Crippen LogP contribution is -2.42. The van der Waals surface area contributed by atoms with Crippen molar-refractivity contribution in [3.05, 3.63) is 29.8 Å². The van der Waals surface area contributed by atoms with E-state index < -0.39 is 0 Å². The lowest BCUT2D eigenvalue weighted by Gasteiger charge is -2.30. The van der Waals surface area contributed by atoms with E-state index in [4.69, 9.17) is 4.74 Å². The summed E-state index contributed by atoms with van der Waals surface area (Å²) in [5.41, 5.74) is 2.59. The van der Waals surface area contributed by atoms with Crippen molar-refractivity contribution in [2.45, 2.75) is 46.2 Å². The fraction of sp³-hybridized carbons (Fsp3) is 0.682. The molecule has 1 aliphatic rings. The van der Waals surface area contributed by atoms with Crippen molar-refractivity contribution in [3.8, 4) is 0 Å². The number of hydrogen-bond donors (Lipinski definition) is 2. The number of rotatable bonds is 10. The molecule has 0 radical (unpaired) electrons. The van der Waals surface area contributed by atoms with Gasteiger partial charge in [-0.1, -0.05) is 32.0 Å². The van der Waals surface area contributed by atoms with E-state index >= 15 is 0 Å². The predicted octanol–water partition coefficient (Wildman–Crippen LogP) is 2.70. The third kappa shape index (κ3) is 7.32. The monoisotopic (exact) mass is 389 g/mol. The molecule has 0 aliphatic carbocycles. The standard InChI is InChI=1S/C22H39N5O/c1-5-26(6-2)13-9-10-19(3)25-22(23-4)24-18-20-11-7-8-12-21(20)27-14-16-28-17-15-27/h7-8,11-12,19H,5-6,9-10,13-18H2,1-4H3,(H2,23,24,25). The zero-order chi connectivity index (χ0) is 20.2. The summed E-state index contributed by atoms with van der Waals surface area (Å²) in [4.78, 5) is 9.30. The van der Waals surface area contributed by atoms with E-state index in [9.17, 15) is 0 Å². The highest BCUT2D eigenvalue weighted by atomic mass is 16.5. The van der Waals surface area contributed by atoms with Gasteiger partial charge in [-0.2, -0.15) is 0 Å². The molecule has 0 aromatic heterocycles. The zero-order valence-electron chi connectivity index (χ0n) is 18.2. The lowest BCUT2D eigenvalue weighted by molar-refractivity contribution is 0.122. The van der Waals surface area contributed by atoms with Gasteiger partial charge in [0.15, 0.2) is 5.96 Å². The number of ether oxygens (including phenoxy) is 1. The van der Waals surface area contributed by atoms with E-state index in [-0.39, 0.29) is 0 Å². The summed E-state index contributed by atoms with van der Waals surface area (Å²) < 4.78 is 5.49. The Morgan fingerprint density at radius 2 is 1.93 bits per heavy atom. The smallest absolute Gasteiger partial charge is 0.191 e. The third-order valence-electron chi connectivity index (χ3n) is 5.40. The first kappa shape index (κ1) is 22.5. The molecule has 6 heteroatoms. The maximum absolute atomic E-state index is 5.49. The van der Waals surface area contributed by atoms with Crippen LogP contribution in [0, 0.1) is 0 Å². The van der Waals surface area contributed by atoms with Crippen LogP contribution in [0.1, 0.15) is 39.2 Å². The molecule has 0 amide bonds. The third-order valence-corrected chi connectivity index (χ3v) is 5.40. The second-order valence-electron chi connectivity index (χ2n) is 7.37. The Morgan fingerprint density at radius 1 is 1.21 bits per heavy atom. The summed E-state index contributed by atoms with van der Waals surface area (Å²) in [7, 11) is 1.84. The predicted molar refractivity (Wildman–Crippen MR) is 119 cm³/mol. The largest absolute Gasteiger partial charge is 0.378 e. The van der Waals surface area contributed by atoms with E-state index in [1.807, 2.05) is 7.05 Å². The molecule has 2 N–H and O–H groups in total. The fourth-order valence-electron chi connectivity index (χ4n) is 3.61. The Labute approximate surface area is 171 Å². The highest BCUT2D eigenvalue weighted by molar-refractivity contribution is 5.80. The van der Waals surface area contributed by atoms with E-state index in [1.54, 1.807) is 0 Å². The Hall–Kier alpha value is -1.79. The number of para-hydroxylation sites is 1. The van der Waals surface area contributed by atoms with E-state index in [0.717, 1.165) is 64.9 Å². The van der Waals surface area contributed by atoms with Crippen molar-refractivity contribution in [1.29, 1.82) is 0 Å². The first-order valence-corrected chi connectivity index (χ1v) is 10.8. The van der Waals surface area contributed by atoms with E-state index in [0.29, 0.717) is 6.04 Å². The van der Waals surface area contributed by atoms with Crippen molar-refractivity contribution in [2.24, 2.45) is 4.99 Å². The van der Waals surface area contributed by atoms with Gasteiger partial charge in [-0.3, -0.25) is 4.99 Å². The van der Waals surface area contributed by atoms with Gasteiger partial charge < -0.3 is 25.2 Å². The summed E-state index contributed by atoms with van der Waals surface area (Å²) in [6.07, 6.45) is 2.34. The zero-order valence-corrected chi connectivity index (χ0v) is 18.2. The van der Waals surface area contributed by atoms with Gasteiger partial charge in [-0.05, 0) is 51.0 Å². The number of guanidine groups is 1. The average molecular weight is 390 g/mol. The molecule has 1 fully saturated rings. The summed E-state index contributed by atoms with van der Waals surface area (Å²) in [6, 6.07) is 9.01. The molecule has 1 saturated heterocycles. The molecule has 0 bridgehead atoms. The minimum atomic E-state index is 0.399. The molecule has 0 saturated carbocycles. The Bertz CT molecular complexity index is 582. The summed E-state index contributed by atoms with van der Waals surface area (Å²) in [5.74, 6) is 0.868. The van der Waals surface area contributed by atoms with Crippen LogP contribution in [0.25, 0.3) is 0 Å². The van der Waals surface area contributed by atoms with Crippen LogP contribution in [0.2, 0.25) is 0 Å².